The number of halogens is 6. The van der Waals surface area contributed by atoms with Gasteiger partial charge >= 0.3 is 18.4 Å². The zero-order valence-corrected chi connectivity index (χ0v) is 7.61. The smallest absolute Gasteiger partial charge is 0.375 e. The van der Waals surface area contributed by atoms with Crippen LogP contribution in [0, 0.1) is 0 Å². The van der Waals surface area contributed by atoms with Crippen LogP contribution in [0.25, 0.3) is 0 Å². The van der Waals surface area contributed by atoms with Crippen molar-refractivity contribution in [2.45, 2.75) is 32.2 Å². The summed E-state index contributed by atoms with van der Waals surface area (Å²) in [7, 11) is 0. The first-order valence-corrected chi connectivity index (χ1v) is 3.61. The van der Waals surface area contributed by atoms with E-state index in [2.05, 4.69) is 4.74 Å². The predicted octanol–water partition coefficient (Wildman–Crippen LogP) is 2.87. The van der Waals surface area contributed by atoms with Crippen LogP contribution < -0.4 is 0 Å². The van der Waals surface area contributed by atoms with Crippen LogP contribution in [0.5, 0.6) is 0 Å². The van der Waals surface area contributed by atoms with E-state index in [1.165, 1.54) is 0 Å². The average molecular weight is 239 g/mol. The molecule has 0 atom stereocenters. The van der Waals surface area contributed by atoms with Crippen LogP contribution in [-0.4, -0.2) is 29.5 Å². The molecule has 9 heteroatoms. The van der Waals surface area contributed by atoms with E-state index in [1.54, 1.807) is 0 Å². The van der Waals surface area contributed by atoms with Gasteiger partial charge in [0.25, 0.3) is 0 Å². The largest absolute Gasteiger partial charge is 0.502 e. The number of hydrogen-bond donors (Lipinski definition) is 0. The molecule has 0 aromatic carbocycles. The Hall–Kier alpha value is -1.15. The third kappa shape index (κ3) is 3.48. The van der Waals surface area contributed by atoms with Crippen LogP contribution in [0.4, 0.5) is 31.2 Å². The van der Waals surface area contributed by atoms with Crippen molar-refractivity contribution in [1.82, 2.24) is 5.12 Å². The molecule has 0 fully saturated rings. The second kappa shape index (κ2) is 4.15. The highest BCUT2D eigenvalue weighted by molar-refractivity contribution is 5.66. The fourth-order valence-electron chi connectivity index (χ4n) is 0.422. The highest BCUT2D eigenvalue weighted by Gasteiger charge is 2.62. The minimum absolute atomic E-state index is 0.875. The van der Waals surface area contributed by atoms with Gasteiger partial charge in [0.1, 0.15) is 0 Å². The lowest BCUT2D eigenvalue weighted by molar-refractivity contribution is -0.374. The zero-order valence-electron chi connectivity index (χ0n) is 7.61. The normalized spacial score (nSPS) is 12.9. The number of rotatable bonds is 2. The Labute approximate surface area is 80.5 Å². The summed E-state index contributed by atoms with van der Waals surface area (Å²) in [6, 6.07) is -1.21. The third-order valence-electron chi connectivity index (χ3n) is 1.17. The summed E-state index contributed by atoms with van der Waals surface area (Å²) in [6.45, 7) is 2.12. The standard InChI is InChI=1S/C6H7F6NO2/c1-3(2)13(12)4(14)15-6(10,11)5(7,8)9/h3H,1-2H3. The van der Waals surface area contributed by atoms with E-state index in [0.29, 0.717) is 0 Å². The first-order valence-electron chi connectivity index (χ1n) is 3.61. The Balaban J connectivity index is 4.55. The van der Waals surface area contributed by atoms with Gasteiger partial charge in [0, 0.05) is 0 Å². The minimum Gasteiger partial charge on any atom is -0.375 e. The molecule has 0 radical (unpaired) electrons. The van der Waals surface area contributed by atoms with Crippen molar-refractivity contribution in [3.63, 3.8) is 0 Å². The van der Waals surface area contributed by atoms with Crippen molar-refractivity contribution >= 4 is 6.09 Å². The highest BCUT2D eigenvalue weighted by Crippen LogP contribution is 2.36. The molecule has 3 nitrogen and oxygen atoms in total. The molecular weight excluding hydrogens is 232 g/mol. The molecule has 0 rings (SSSR count). The number of nitrogens with zero attached hydrogens (tertiary/aromatic N) is 1. The van der Waals surface area contributed by atoms with E-state index in [1.807, 2.05) is 0 Å². The molecule has 90 valence electrons. The lowest BCUT2D eigenvalue weighted by Gasteiger charge is -2.22. The Kier molecular flexibility index (Phi) is 3.83. The second-order valence-electron chi connectivity index (χ2n) is 2.79. The first-order chi connectivity index (χ1) is 6.49. The molecule has 0 bridgehead atoms. The van der Waals surface area contributed by atoms with Gasteiger partial charge in [-0.05, 0) is 13.8 Å². The number of hydrogen-bond acceptors (Lipinski definition) is 2. The summed E-state index contributed by atoms with van der Waals surface area (Å²) in [4.78, 5) is 10.4. The van der Waals surface area contributed by atoms with E-state index in [9.17, 15) is 31.2 Å². The van der Waals surface area contributed by atoms with Gasteiger partial charge in [-0.2, -0.15) is 22.0 Å². The number of alkyl halides is 5. The van der Waals surface area contributed by atoms with E-state index < -0.39 is 29.5 Å². The molecule has 0 spiro atoms. The summed E-state index contributed by atoms with van der Waals surface area (Å²) in [6.07, 6.45) is -14.2. The quantitative estimate of drug-likeness (QED) is 0.547. The summed E-state index contributed by atoms with van der Waals surface area (Å²) < 4.78 is 73.7. The van der Waals surface area contributed by atoms with Crippen LogP contribution >= 0.6 is 0 Å². The number of carbonyl (C=O) groups excluding carboxylic acids is 1. The second-order valence-corrected chi connectivity index (χ2v) is 2.79. The topological polar surface area (TPSA) is 29.5 Å². The van der Waals surface area contributed by atoms with E-state index >= 15 is 0 Å². The molecule has 0 aliphatic carbocycles. The Morgan fingerprint density at radius 1 is 1.20 bits per heavy atom. The maximum absolute atomic E-state index is 12.5. The summed E-state index contributed by atoms with van der Waals surface area (Å²) in [5, 5.41) is -0.875. The van der Waals surface area contributed by atoms with Crippen molar-refractivity contribution in [2.75, 3.05) is 0 Å². The lowest BCUT2D eigenvalue weighted by atomic mass is 10.4. The van der Waals surface area contributed by atoms with E-state index in [4.69, 9.17) is 0 Å². The van der Waals surface area contributed by atoms with E-state index in [-0.39, 0.29) is 0 Å². The van der Waals surface area contributed by atoms with Gasteiger partial charge in [0.2, 0.25) is 0 Å². The van der Waals surface area contributed by atoms with Gasteiger partial charge in [0.05, 0.1) is 6.04 Å². The molecule has 1 amide bonds. The summed E-state index contributed by atoms with van der Waals surface area (Å²) in [5.74, 6) is 0. The molecule has 0 aromatic heterocycles. The maximum atomic E-state index is 12.5. The van der Waals surface area contributed by atoms with Crippen molar-refractivity contribution in [3.05, 3.63) is 0 Å². The Morgan fingerprint density at radius 3 is 1.87 bits per heavy atom. The maximum Gasteiger partial charge on any atom is 0.502 e. The lowest BCUT2D eigenvalue weighted by Crippen LogP contribution is -2.44. The number of carbonyl (C=O) groups is 1. The van der Waals surface area contributed by atoms with Crippen molar-refractivity contribution < 1.29 is 36.0 Å². The van der Waals surface area contributed by atoms with Crippen molar-refractivity contribution in [1.29, 1.82) is 0 Å². The molecular formula is C6H7F6NO2. The number of ether oxygens (including phenoxy) is 1. The van der Waals surface area contributed by atoms with Crippen LogP contribution in [0.3, 0.4) is 0 Å². The van der Waals surface area contributed by atoms with Gasteiger partial charge in [-0.25, -0.2) is 4.79 Å². The molecule has 0 aliphatic rings. The van der Waals surface area contributed by atoms with E-state index in [0.717, 1.165) is 13.8 Å². The summed E-state index contributed by atoms with van der Waals surface area (Å²) in [5.41, 5.74) is 0. The molecule has 0 aromatic rings. The van der Waals surface area contributed by atoms with Crippen LogP contribution in [0.1, 0.15) is 13.8 Å². The monoisotopic (exact) mass is 239 g/mol. The van der Waals surface area contributed by atoms with Gasteiger partial charge in [0.15, 0.2) is 0 Å². The fraction of sp³-hybridized carbons (Fsp3) is 0.833. The molecule has 0 saturated carbocycles. The van der Waals surface area contributed by atoms with Crippen molar-refractivity contribution in [3.8, 4) is 0 Å². The predicted molar refractivity (Wildman–Crippen MR) is 35.6 cm³/mol. The Morgan fingerprint density at radius 2 is 1.60 bits per heavy atom. The highest BCUT2D eigenvalue weighted by atomic mass is 19.4. The Bertz CT molecular complexity index is 238. The SMILES string of the molecule is CC(C)N(F)C(=O)OC(F)(F)C(F)(F)F. The van der Waals surface area contributed by atoms with Crippen LogP contribution in [0.2, 0.25) is 0 Å². The van der Waals surface area contributed by atoms with Gasteiger partial charge in [-0.15, -0.1) is 5.12 Å². The molecule has 0 saturated heterocycles. The fourth-order valence-corrected chi connectivity index (χ4v) is 0.422. The number of amides is 1. The van der Waals surface area contributed by atoms with Gasteiger partial charge < -0.3 is 4.74 Å². The third-order valence-corrected chi connectivity index (χ3v) is 1.17. The van der Waals surface area contributed by atoms with Crippen LogP contribution in [0.15, 0.2) is 0 Å². The van der Waals surface area contributed by atoms with Gasteiger partial charge in [-0.3, -0.25) is 0 Å². The summed E-state index contributed by atoms with van der Waals surface area (Å²) >= 11 is 0. The van der Waals surface area contributed by atoms with Crippen molar-refractivity contribution in [2.24, 2.45) is 0 Å². The molecule has 15 heavy (non-hydrogen) atoms. The first kappa shape index (κ1) is 13.8. The molecule has 0 heterocycles. The minimum atomic E-state index is -6.07. The molecule has 0 N–H and O–H groups in total. The molecule has 0 aliphatic heterocycles. The molecule has 0 unspecified atom stereocenters. The van der Waals surface area contributed by atoms with Gasteiger partial charge in [-0.1, -0.05) is 4.48 Å². The average Bonchev–Trinajstić information content (AvgIpc) is 1.99. The van der Waals surface area contributed by atoms with Crippen LogP contribution in [-0.2, 0) is 4.74 Å². The zero-order chi connectivity index (χ0) is 12.4.